The number of amides is 1. The van der Waals surface area contributed by atoms with Gasteiger partial charge in [0.15, 0.2) is 11.0 Å². The van der Waals surface area contributed by atoms with Crippen molar-refractivity contribution in [2.45, 2.75) is 43.3 Å². The van der Waals surface area contributed by atoms with Crippen LogP contribution in [-0.4, -0.2) is 39.1 Å². The Hall–Kier alpha value is -3.52. The highest BCUT2D eigenvalue weighted by Gasteiger charge is 2.34. The number of carbonyl (C=O) groups is 1. The van der Waals surface area contributed by atoms with E-state index in [0.29, 0.717) is 17.5 Å². The number of aromatic nitrogens is 3. The maximum Gasteiger partial charge on any atom is 0.240 e. The van der Waals surface area contributed by atoms with Crippen LogP contribution in [0.3, 0.4) is 0 Å². The number of hydrogen-bond donors (Lipinski definition) is 0. The number of anilines is 1. The highest BCUT2D eigenvalue weighted by molar-refractivity contribution is 8.00. The highest BCUT2D eigenvalue weighted by Crippen LogP contribution is 2.35. The third kappa shape index (κ3) is 4.21. The zero-order chi connectivity index (χ0) is 23.7. The van der Waals surface area contributed by atoms with Gasteiger partial charge in [-0.25, -0.2) is 0 Å². The van der Waals surface area contributed by atoms with Crippen LogP contribution in [0.5, 0.6) is 5.75 Å². The predicted octanol–water partition coefficient (Wildman–Crippen LogP) is 5.05. The minimum atomic E-state index is -0.341. The van der Waals surface area contributed by atoms with Crippen molar-refractivity contribution in [3.05, 3.63) is 78.3 Å². The Morgan fingerprint density at radius 2 is 2.03 bits per heavy atom. The van der Waals surface area contributed by atoms with E-state index in [4.69, 9.17) is 9.15 Å². The Labute approximate surface area is 202 Å². The van der Waals surface area contributed by atoms with Crippen LogP contribution < -0.4 is 9.64 Å². The van der Waals surface area contributed by atoms with Gasteiger partial charge in [0.2, 0.25) is 5.91 Å². The molecule has 7 nitrogen and oxygen atoms in total. The molecule has 2 atom stereocenters. The van der Waals surface area contributed by atoms with Crippen molar-refractivity contribution in [2.24, 2.45) is 0 Å². The zero-order valence-electron chi connectivity index (χ0n) is 19.3. The van der Waals surface area contributed by atoms with Crippen molar-refractivity contribution in [3.63, 3.8) is 0 Å². The monoisotopic (exact) mass is 474 g/mol. The number of nitrogens with zero attached hydrogens (tertiary/aromatic N) is 4. The summed E-state index contributed by atoms with van der Waals surface area (Å²) in [6.07, 6.45) is 2.52. The van der Waals surface area contributed by atoms with E-state index in [2.05, 4.69) is 23.2 Å². The molecule has 2 aromatic carbocycles. The Kier molecular flexibility index (Phi) is 6.15. The van der Waals surface area contributed by atoms with Crippen molar-refractivity contribution in [3.8, 4) is 17.1 Å². The second-order valence-corrected chi connectivity index (χ2v) is 9.66. The molecule has 0 radical (unpaired) electrons. The molecule has 2 aromatic heterocycles. The molecule has 174 valence electrons. The first kappa shape index (κ1) is 22.3. The molecule has 1 aliphatic rings. The van der Waals surface area contributed by atoms with Gasteiger partial charge in [0, 0.05) is 17.3 Å². The van der Waals surface area contributed by atoms with Gasteiger partial charge in [0.1, 0.15) is 11.5 Å². The summed E-state index contributed by atoms with van der Waals surface area (Å²) in [5.74, 6) is 2.28. The van der Waals surface area contributed by atoms with Gasteiger partial charge in [-0.05, 0) is 56.2 Å². The van der Waals surface area contributed by atoms with E-state index in [9.17, 15) is 4.79 Å². The number of para-hydroxylation sites is 1. The fraction of sp³-hybridized carbons (Fsp3) is 0.269. The maximum absolute atomic E-state index is 13.5. The molecule has 0 fully saturated rings. The largest absolute Gasteiger partial charge is 0.497 e. The second kappa shape index (κ2) is 9.38. The van der Waals surface area contributed by atoms with Gasteiger partial charge in [0.25, 0.3) is 0 Å². The molecule has 3 heterocycles. The number of furan rings is 1. The molecular weight excluding hydrogens is 448 g/mol. The van der Waals surface area contributed by atoms with Crippen LogP contribution in [0.25, 0.3) is 11.4 Å². The van der Waals surface area contributed by atoms with Crippen LogP contribution in [-0.2, 0) is 17.8 Å². The van der Waals surface area contributed by atoms with E-state index >= 15 is 0 Å². The molecule has 0 aliphatic carbocycles. The zero-order valence-corrected chi connectivity index (χ0v) is 20.2. The van der Waals surface area contributed by atoms with E-state index < -0.39 is 0 Å². The van der Waals surface area contributed by atoms with Gasteiger partial charge in [-0.1, -0.05) is 42.1 Å². The molecule has 4 aromatic rings. The molecule has 0 saturated heterocycles. The minimum absolute atomic E-state index is 0.0675. The fourth-order valence-corrected chi connectivity index (χ4v) is 5.26. The SMILES string of the molecule is COc1cccc(-c2nnc(S[C@H](C)C(=O)N3c4ccccc4C[C@@H]3C)n2Cc2ccco2)c1. The Bertz CT molecular complexity index is 1300. The molecule has 0 bridgehead atoms. The van der Waals surface area contributed by atoms with Crippen LogP contribution in [0.15, 0.2) is 76.5 Å². The number of ether oxygens (including phenoxy) is 1. The summed E-state index contributed by atoms with van der Waals surface area (Å²) in [4.78, 5) is 15.4. The number of hydrogen-bond acceptors (Lipinski definition) is 6. The third-order valence-electron chi connectivity index (χ3n) is 6.01. The summed E-state index contributed by atoms with van der Waals surface area (Å²) in [7, 11) is 1.64. The Morgan fingerprint density at radius 3 is 2.82 bits per heavy atom. The summed E-state index contributed by atoms with van der Waals surface area (Å²) >= 11 is 1.41. The third-order valence-corrected chi connectivity index (χ3v) is 7.08. The molecule has 0 saturated carbocycles. The quantitative estimate of drug-likeness (QED) is 0.349. The molecule has 1 aliphatic heterocycles. The summed E-state index contributed by atoms with van der Waals surface area (Å²) in [5.41, 5.74) is 3.09. The molecule has 0 N–H and O–H groups in total. The van der Waals surface area contributed by atoms with Crippen molar-refractivity contribution < 1.29 is 13.9 Å². The number of methoxy groups -OCH3 is 1. The van der Waals surface area contributed by atoms with Gasteiger partial charge >= 0.3 is 0 Å². The first-order valence-corrected chi connectivity index (χ1v) is 12.1. The Balaban J connectivity index is 1.45. The lowest BCUT2D eigenvalue weighted by molar-refractivity contribution is -0.118. The number of carbonyl (C=O) groups excluding carboxylic acids is 1. The van der Waals surface area contributed by atoms with Crippen molar-refractivity contribution in [2.75, 3.05) is 12.0 Å². The van der Waals surface area contributed by atoms with Crippen molar-refractivity contribution >= 4 is 23.4 Å². The molecule has 0 unspecified atom stereocenters. The van der Waals surface area contributed by atoms with Crippen LogP contribution in [0.2, 0.25) is 0 Å². The molecule has 5 rings (SSSR count). The normalized spacial score (nSPS) is 15.9. The predicted molar refractivity (Wildman–Crippen MR) is 132 cm³/mol. The van der Waals surface area contributed by atoms with Crippen LogP contribution in [0.4, 0.5) is 5.69 Å². The van der Waals surface area contributed by atoms with E-state index in [0.717, 1.165) is 29.2 Å². The summed E-state index contributed by atoms with van der Waals surface area (Å²) < 4.78 is 13.0. The number of rotatable bonds is 7. The lowest BCUT2D eigenvalue weighted by atomic mass is 10.1. The summed E-state index contributed by atoms with van der Waals surface area (Å²) in [6, 6.07) is 19.7. The van der Waals surface area contributed by atoms with Gasteiger partial charge in [-0.15, -0.1) is 10.2 Å². The smallest absolute Gasteiger partial charge is 0.240 e. The van der Waals surface area contributed by atoms with Gasteiger partial charge in [-0.2, -0.15) is 0 Å². The Morgan fingerprint density at radius 1 is 1.18 bits per heavy atom. The number of fused-ring (bicyclic) bond motifs is 1. The molecule has 0 spiro atoms. The lowest BCUT2D eigenvalue weighted by Crippen LogP contribution is -2.40. The minimum Gasteiger partial charge on any atom is -0.497 e. The summed E-state index contributed by atoms with van der Waals surface area (Å²) in [6.45, 7) is 4.48. The molecule has 34 heavy (non-hydrogen) atoms. The first-order valence-electron chi connectivity index (χ1n) is 11.2. The number of thioether (sulfide) groups is 1. The van der Waals surface area contributed by atoms with Gasteiger partial charge in [0.05, 0.1) is 25.2 Å². The standard InChI is InChI=1S/C26H26N4O3S/c1-17-14-19-8-4-5-12-23(19)30(17)25(31)18(2)34-26-28-27-24(20-9-6-10-21(15-20)32-3)29(26)16-22-11-7-13-33-22/h4-13,15,17-18H,14,16H2,1-3H3/t17-,18+/m0/s1. The van der Waals surface area contributed by atoms with Gasteiger partial charge in [-0.3, -0.25) is 9.36 Å². The van der Waals surface area contributed by atoms with Gasteiger partial charge < -0.3 is 14.1 Å². The molecular formula is C26H26N4O3S. The van der Waals surface area contributed by atoms with Crippen LogP contribution in [0.1, 0.15) is 25.2 Å². The molecule has 1 amide bonds. The number of benzene rings is 2. The second-order valence-electron chi connectivity index (χ2n) is 8.35. The highest BCUT2D eigenvalue weighted by atomic mass is 32.2. The average Bonchev–Trinajstić information content (AvgIpc) is 3.58. The first-order chi connectivity index (χ1) is 16.5. The van der Waals surface area contributed by atoms with E-state index in [1.165, 1.54) is 17.3 Å². The van der Waals surface area contributed by atoms with Crippen molar-refractivity contribution in [1.82, 2.24) is 14.8 Å². The average molecular weight is 475 g/mol. The van der Waals surface area contributed by atoms with Crippen molar-refractivity contribution in [1.29, 1.82) is 0 Å². The molecule has 8 heteroatoms. The van der Waals surface area contributed by atoms with Crippen LogP contribution >= 0.6 is 11.8 Å². The van der Waals surface area contributed by atoms with E-state index in [1.807, 2.05) is 71.0 Å². The lowest BCUT2D eigenvalue weighted by Gasteiger charge is -2.25. The summed E-state index contributed by atoms with van der Waals surface area (Å²) in [5, 5.41) is 9.26. The van der Waals surface area contributed by atoms with E-state index in [1.54, 1.807) is 13.4 Å². The topological polar surface area (TPSA) is 73.4 Å². The maximum atomic E-state index is 13.5. The van der Waals surface area contributed by atoms with E-state index in [-0.39, 0.29) is 17.2 Å². The fourth-order valence-electron chi connectivity index (χ4n) is 4.36. The van der Waals surface area contributed by atoms with Crippen LogP contribution in [0, 0.1) is 0 Å².